The lowest BCUT2D eigenvalue weighted by molar-refractivity contribution is -0.157. The summed E-state index contributed by atoms with van der Waals surface area (Å²) in [5.74, 6) is -0.950. The molecule has 1 aromatic heterocycles. The summed E-state index contributed by atoms with van der Waals surface area (Å²) in [4.78, 5) is 26.1. The first kappa shape index (κ1) is 25.5. The Hall–Kier alpha value is -3.14. The maximum atomic E-state index is 14.4. The van der Waals surface area contributed by atoms with Crippen LogP contribution in [0.1, 0.15) is 63.4 Å². The lowest BCUT2D eigenvalue weighted by atomic mass is 9.98. The normalized spacial score (nSPS) is 16.7. The molecule has 1 aliphatic rings. The molecule has 0 fully saturated rings. The van der Waals surface area contributed by atoms with E-state index in [9.17, 15) is 14.0 Å². The van der Waals surface area contributed by atoms with Crippen LogP contribution in [-0.2, 0) is 20.7 Å². The second-order valence-electron chi connectivity index (χ2n) is 9.46. The highest BCUT2D eigenvalue weighted by molar-refractivity contribution is 5.73. The van der Waals surface area contributed by atoms with E-state index in [4.69, 9.17) is 15.2 Å². The van der Waals surface area contributed by atoms with Crippen molar-refractivity contribution in [1.82, 2.24) is 14.7 Å². The van der Waals surface area contributed by atoms with Crippen LogP contribution in [0.15, 0.2) is 24.3 Å². The number of benzene rings is 1. The molecule has 1 amide bonds. The number of rotatable bonds is 6. The fourth-order valence-corrected chi connectivity index (χ4v) is 3.88. The van der Waals surface area contributed by atoms with Crippen molar-refractivity contribution >= 4 is 12.1 Å². The fraction of sp³-hybridized carbons (Fsp3) is 0.542. The van der Waals surface area contributed by atoms with Crippen LogP contribution in [0.3, 0.4) is 0 Å². The Kier molecular flexibility index (Phi) is 7.50. The summed E-state index contributed by atoms with van der Waals surface area (Å²) in [5.41, 5.74) is 8.43. The number of carbonyl (C=O) groups is 2. The smallest absolute Gasteiger partial charge is 0.410 e. The number of amides is 1. The minimum absolute atomic E-state index is 0.0236. The quantitative estimate of drug-likeness (QED) is 0.634. The van der Waals surface area contributed by atoms with Gasteiger partial charge in [-0.05, 0) is 44.4 Å². The summed E-state index contributed by atoms with van der Waals surface area (Å²) in [7, 11) is 1.07. The Morgan fingerprint density at radius 1 is 1.24 bits per heavy atom. The van der Waals surface area contributed by atoms with Crippen LogP contribution in [0, 0.1) is 0 Å². The van der Waals surface area contributed by atoms with Crippen LogP contribution >= 0.6 is 0 Å². The first-order chi connectivity index (χ1) is 16.0. The van der Waals surface area contributed by atoms with Crippen LogP contribution < -0.4 is 10.5 Å². The summed E-state index contributed by atoms with van der Waals surface area (Å²) < 4.78 is 31.3. The molecule has 1 aliphatic heterocycles. The van der Waals surface area contributed by atoms with Gasteiger partial charge >= 0.3 is 18.4 Å². The van der Waals surface area contributed by atoms with Crippen molar-refractivity contribution in [2.45, 2.75) is 65.0 Å². The number of hydrogen-bond acceptors (Lipinski definition) is 7. The van der Waals surface area contributed by atoms with Crippen molar-refractivity contribution in [3.05, 3.63) is 41.1 Å². The highest BCUT2D eigenvalue weighted by Crippen LogP contribution is 2.38. The molecular weight excluding hydrogens is 443 g/mol. The number of hydrogen-bond donors (Lipinski definition) is 1. The molecule has 0 spiro atoms. The van der Waals surface area contributed by atoms with Gasteiger partial charge in [0.15, 0.2) is 0 Å². The van der Waals surface area contributed by atoms with Gasteiger partial charge in [-0.1, -0.05) is 26.0 Å². The number of halogens is 1. The highest BCUT2D eigenvalue weighted by atomic mass is 19.1. The van der Waals surface area contributed by atoms with E-state index >= 15 is 0 Å². The van der Waals surface area contributed by atoms with E-state index in [2.05, 4.69) is 23.7 Å². The third-order valence-electron chi connectivity index (χ3n) is 5.54. The van der Waals surface area contributed by atoms with Crippen LogP contribution in [0.5, 0.6) is 5.88 Å². The van der Waals surface area contributed by atoms with E-state index in [1.54, 1.807) is 25.5 Å². The van der Waals surface area contributed by atoms with E-state index < -0.39 is 30.1 Å². The van der Waals surface area contributed by atoms with E-state index in [-0.39, 0.29) is 12.4 Å². The Morgan fingerprint density at radius 2 is 1.88 bits per heavy atom. The summed E-state index contributed by atoms with van der Waals surface area (Å²) in [6, 6.07) is 7.14. The Morgan fingerprint density at radius 3 is 2.41 bits per heavy atom. The molecule has 9 nitrogen and oxygen atoms in total. The maximum absolute atomic E-state index is 14.4. The van der Waals surface area contributed by atoms with Crippen molar-refractivity contribution in [2.24, 2.45) is 5.73 Å². The molecule has 2 heterocycles. The van der Waals surface area contributed by atoms with Crippen LogP contribution in [0.4, 0.5) is 9.18 Å². The zero-order valence-corrected chi connectivity index (χ0v) is 20.5. The van der Waals surface area contributed by atoms with Gasteiger partial charge in [-0.2, -0.15) is 4.39 Å². The van der Waals surface area contributed by atoms with Crippen molar-refractivity contribution in [2.75, 3.05) is 20.2 Å². The molecule has 186 valence electrons. The number of alkyl halides is 1. The summed E-state index contributed by atoms with van der Waals surface area (Å²) in [5, 5.41) is 4.47. The number of nitrogens with two attached hydrogens (primary N) is 1. The van der Waals surface area contributed by atoms with E-state index in [0.29, 0.717) is 24.4 Å². The average molecular weight is 477 g/mol. The molecule has 10 heteroatoms. The second-order valence-corrected chi connectivity index (χ2v) is 9.46. The second kappa shape index (κ2) is 10.0. The first-order valence-corrected chi connectivity index (χ1v) is 11.3. The molecular formula is C24H33FN4O5. The SMILES string of the molecule is COC(=O)C(F)Oc1nn(-c2ccc(C(C)C)cc2)c2c1C(CN)N(C(=O)OC(C)(C)C)CC2. The Labute approximate surface area is 198 Å². The molecule has 2 N–H and O–H groups in total. The van der Waals surface area contributed by atoms with Gasteiger partial charge in [-0.25, -0.2) is 14.3 Å². The van der Waals surface area contributed by atoms with Crippen molar-refractivity contribution in [3.8, 4) is 11.6 Å². The first-order valence-electron chi connectivity index (χ1n) is 11.3. The number of methoxy groups -OCH3 is 1. The zero-order valence-electron chi connectivity index (χ0n) is 20.5. The van der Waals surface area contributed by atoms with Crippen molar-refractivity contribution in [3.63, 3.8) is 0 Å². The number of nitrogens with zero attached hydrogens (tertiary/aromatic N) is 3. The van der Waals surface area contributed by atoms with Gasteiger partial charge in [0.05, 0.1) is 30.1 Å². The van der Waals surface area contributed by atoms with E-state index in [1.165, 1.54) is 4.90 Å². The molecule has 0 radical (unpaired) electrons. The standard InChI is InChI=1S/C24H33FN4O5/c1-14(2)15-7-9-16(10-8-15)29-17-11-12-28(23(31)34-24(3,4)5)18(13-26)19(17)21(27-29)33-20(25)22(30)32-6/h7-10,14,18,20H,11-13,26H2,1-6H3. The molecule has 2 aromatic rings. The molecule has 34 heavy (non-hydrogen) atoms. The highest BCUT2D eigenvalue weighted by Gasteiger charge is 2.39. The number of aromatic nitrogens is 2. The third kappa shape index (κ3) is 5.32. The number of carbonyl (C=O) groups excluding carboxylic acids is 2. The molecule has 0 saturated carbocycles. The van der Waals surface area contributed by atoms with Gasteiger partial charge in [0, 0.05) is 19.5 Å². The molecule has 1 aromatic carbocycles. The number of fused-ring (bicyclic) bond motifs is 1. The molecule has 0 aliphatic carbocycles. The van der Waals surface area contributed by atoms with Gasteiger partial charge in [0.1, 0.15) is 5.60 Å². The summed E-state index contributed by atoms with van der Waals surface area (Å²) in [6.07, 6.45) is -2.52. The van der Waals surface area contributed by atoms with Crippen LogP contribution in [0.2, 0.25) is 0 Å². The maximum Gasteiger partial charge on any atom is 0.410 e. The van der Waals surface area contributed by atoms with Gasteiger partial charge in [0.2, 0.25) is 5.88 Å². The molecule has 2 unspecified atom stereocenters. The topological polar surface area (TPSA) is 109 Å². The largest absolute Gasteiger partial charge is 0.464 e. The minimum atomic E-state index is -2.38. The van der Waals surface area contributed by atoms with Gasteiger partial charge in [0.25, 0.3) is 0 Å². The zero-order chi connectivity index (χ0) is 25.2. The molecule has 3 rings (SSSR count). The van der Waals surface area contributed by atoms with Crippen molar-refractivity contribution in [1.29, 1.82) is 0 Å². The Bertz CT molecular complexity index is 1030. The molecule has 2 atom stereocenters. The van der Waals surface area contributed by atoms with Gasteiger partial charge < -0.3 is 19.9 Å². The monoisotopic (exact) mass is 476 g/mol. The lowest BCUT2D eigenvalue weighted by Gasteiger charge is -2.36. The minimum Gasteiger partial charge on any atom is -0.464 e. The molecule has 0 bridgehead atoms. The predicted molar refractivity (Wildman–Crippen MR) is 124 cm³/mol. The van der Waals surface area contributed by atoms with Gasteiger partial charge in [-0.3, -0.25) is 4.90 Å². The van der Waals surface area contributed by atoms with Crippen molar-refractivity contribution < 1.29 is 28.2 Å². The van der Waals surface area contributed by atoms with E-state index in [0.717, 1.165) is 24.1 Å². The van der Waals surface area contributed by atoms with Gasteiger partial charge in [-0.15, -0.1) is 5.10 Å². The predicted octanol–water partition coefficient (Wildman–Crippen LogP) is 3.64. The molecule has 0 saturated heterocycles. The van der Waals surface area contributed by atoms with Crippen LogP contribution in [0.25, 0.3) is 5.69 Å². The lowest BCUT2D eigenvalue weighted by Crippen LogP contribution is -2.45. The summed E-state index contributed by atoms with van der Waals surface area (Å²) in [6.45, 7) is 9.87. The van der Waals surface area contributed by atoms with Crippen LogP contribution in [-0.4, -0.2) is 58.9 Å². The Balaban J connectivity index is 2.07. The third-order valence-corrected chi connectivity index (χ3v) is 5.54. The van der Waals surface area contributed by atoms with E-state index in [1.807, 2.05) is 24.3 Å². The summed E-state index contributed by atoms with van der Waals surface area (Å²) >= 11 is 0. The number of ether oxygens (including phenoxy) is 3. The number of esters is 1. The fourth-order valence-electron chi connectivity index (χ4n) is 3.88. The average Bonchev–Trinajstić information content (AvgIpc) is 3.15.